The molecular formula is C21H22N2O3. The highest BCUT2D eigenvalue weighted by atomic mass is 16.5. The smallest absolute Gasteiger partial charge is 0.266 e. The number of nitrogens with zero attached hydrogens (tertiary/aromatic N) is 1. The molecule has 0 bridgehead atoms. The zero-order valence-corrected chi connectivity index (χ0v) is 15.4. The predicted molar refractivity (Wildman–Crippen MR) is 102 cm³/mol. The number of amides is 1. The molecule has 0 saturated heterocycles. The summed E-state index contributed by atoms with van der Waals surface area (Å²) in [4.78, 5) is 12.4. The van der Waals surface area contributed by atoms with Crippen LogP contribution in [0.1, 0.15) is 25.0 Å². The van der Waals surface area contributed by atoms with Crippen LogP contribution in [0.4, 0.5) is 5.69 Å². The number of anilines is 1. The first-order chi connectivity index (χ1) is 12.4. The standard InChI is InChI=1S/C21H22N2O3/c1-14(2)26-20-12-19(25-4)10-7-16(20)11-17(13-22)21(24)23-18-8-5-15(3)6-9-18/h5-12,14H,1-4H3,(H,23,24)/b17-11+. The van der Waals surface area contributed by atoms with Crippen LogP contribution in [0.25, 0.3) is 6.08 Å². The Bertz CT molecular complexity index is 847. The summed E-state index contributed by atoms with van der Waals surface area (Å²) < 4.78 is 11.0. The molecule has 0 aliphatic rings. The monoisotopic (exact) mass is 350 g/mol. The Morgan fingerprint density at radius 3 is 2.46 bits per heavy atom. The fourth-order valence-corrected chi connectivity index (χ4v) is 2.26. The predicted octanol–water partition coefficient (Wildman–Crippen LogP) is 4.34. The van der Waals surface area contributed by atoms with Gasteiger partial charge in [-0.1, -0.05) is 17.7 Å². The van der Waals surface area contributed by atoms with Crippen LogP contribution in [0.5, 0.6) is 11.5 Å². The Hall–Kier alpha value is -3.26. The maximum absolute atomic E-state index is 12.4. The molecule has 0 aliphatic carbocycles. The van der Waals surface area contributed by atoms with Gasteiger partial charge in [-0.2, -0.15) is 5.26 Å². The minimum atomic E-state index is -0.470. The van der Waals surface area contributed by atoms with Gasteiger partial charge in [0, 0.05) is 17.3 Å². The third kappa shape index (κ3) is 5.12. The molecule has 2 aromatic rings. The van der Waals surface area contributed by atoms with Crippen LogP contribution in [0.2, 0.25) is 0 Å². The summed E-state index contributed by atoms with van der Waals surface area (Å²) in [6, 6.07) is 14.6. The third-order valence-electron chi connectivity index (χ3n) is 3.56. The summed E-state index contributed by atoms with van der Waals surface area (Å²) in [6.45, 7) is 5.77. The second kappa shape index (κ2) is 8.72. The normalized spacial score (nSPS) is 11.0. The van der Waals surface area contributed by atoms with Gasteiger partial charge < -0.3 is 14.8 Å². The Labute approximate surface area is 153 Å². The van der Waals surface area contributed by atoms with Crippen LogP contribution in [0, 0.1) is 18.3 Å². The average molecular weight is 350 g/mol. The summed E-state index contributed by atoms with van der Waals surface area (Å²) >= 11 is 0. The highest BCUT2D eigenvalue weighted by molar-refractivity contribution is 6.09. The number of aryl methyl sites for hydroxylation is 1. The molecule has 2 aromatic carbocycles. The van der Waals surface area contributed by atoms with E-state index in [4.69, 9.17) is 9.47 Å². The van der Waals surface area contributed by atoms with Gasteiger partial charge >= 0.3 is 0 Å². The molecule has 0 radical (unpaired) electrons. The molecule has 0 aliphatic heterocycles. The lowest BCUT2D eigenvalue weighted by Crippen LogP contribution is -2.13. The summed E-state index contributed by atoms with van der Waals surface area (Å²) in [5.74, 6) is 0.721. The van der Waals surface area contributed by atoms with Gasteiger partial charge in [0.15, 0.2) is 0 Å². The molecule has 0 atom stereocenters. The van der Waals surface area contributed by atoms with Crippen molar-refractivity contribution in [1.82, 2.24) is 0 Å². The van der Waals surface area contributed by atoms with Crippen molar-refractivity contribution in [2.24, 2.45) is 0 Å². The fourth-order valence-electron chi connectivity index (χ4n) is 2.26. The van der Waals surface area contributed by atoms with Crippen molar-refractivity contribution >= 4 is 17.7 Å². The van der Waals surface area contributed by atoms with E-state index in [0.29, 0.717) is 22.7 Å². The van der Waals surface area contributed by atoms with Gasteiger partial charge in [0.05, 0.1) is 13.2 Å². The maximum Gasteiger partial charge on any atom is 0.266 e. The number of nitriles is 1. The number of benzene rings is 2. The lowest BCUT2D eigenvalue weighted by Gasteiger charge is -2.14. The molecule has 1 amide bonds. The number of nitrogens with one attached hydrogen (secondary N) is 1. The van der Waals surface area contributed by atoms with Gasteiger partial charge in [-0.25, -0.2) is 0 Å². The summed E-state index contributed by atoms with van der Waals surface area (Å²) in [7, 11) is 1.57. The van der Waals surface area contributed by atoms with Crippen molar-refractivity contribution in [1.29, 1.82) is 5.26 Å². The van der Waals surface area contributed by atoms with E-state index in [1.165, 1.54) is 6.08 Å². The highest BCUT2D eigenvalue weighted by Gasteiger charge is 2.13. The number of hydrogen-bond acceptors (Lipinski definition) is 4. The van der Waals surface area contributed by atoms with Crippen molar-refractivity contribution in [3.63, 3.8) is 0 Å². The van der Waals surface area contributed by atoms with Crippen LogP contribution in [0.15, 0.2) is 48.0 Å². The zero-order valence-electron chi connectivity index (χ0n) is 15.4. The molecule has 1 N–H and O–H groups in total. The summed E-state index contributed by atoms with van der Waals surface area (Å²) in [5, 5.41) is 12.1. The first kappa shape index (κ1) is 19.1. The second-order valence-electron chi connectivity index (χ2n) is 6.06. The minimum Gasteiger partial charge on any atom is -0.497 e. The first-order valence-corrected chi connectivity index (χ1v) is 8.27. The molecule has 0 spiro atoms. The molecule has 5 heteroatoms. The topological polar surface area (TPSA) is 71.3 Å². The van der Waals surface area contributed by atoms with E-state index < -0.39 is 5.91 Å². The highest BCUT2D eigenvalue weighted by Crippen LogP contribution is 2.28. The fraction of sp³-hybridized carbons (Fsp3) is 0.238. The Morgan fingerprint density at radius 1 is 1.19 bits per heavy atom. The quantitative estimate of drug-likeness (QED) is 0.621. The molecule has 0 heterocycles. The lowest BCUT2D eigenvalue weighted by molar-refractivity contribution is -0.112. The van der Waals surface area contributed by atoms with Gasteiger partial charge in [0.2, 0.25) is 0 Å². The first-order valence-electron chi connectivity index (χ1n) is 8.27. The van der Waals surface area contributed by atoms with Gasteiger partial charge in [0.1, 0.15) is 23.1 Å². The molecule has 0 saturated carbocycles. The van der Waals surface area contributed by atoms with E-state index in [1.54, 1.807) is 37.4 Å². The Morgan fingerprint density at radius 2 is 1.88 bits per heavy atom. The number of carbonyl (C=O) groups is 1. The number of methoxy groups -OCH3 is 1. The number of ether oxygens (including phenoxy) is 2. The Kier molecular flexibility index (Phi) is 6.40. The van der Waals surface area contributed by atoms with E-state index in [1.807, 2.05) is 39.0 Å². The molecular weight excluding hydrogens is 328 g/mol. The summed E-state index contributed by atoms with van der Waals surface area (Å²) in [6.07, 6.45) is 1.46. The molecule has 26 heavy (non-hydrogen) atoms. The van der Waals surface area contributed by atoms with Crippen molar-refractivity contribution in [3.8, 4) is 17.6 Å². The second-order valence-corrected chi connectivity index (χ2v) is 6.06. The van der Waals surface area contributed by atoms with E-state index >= 15 is 0 Å². The van der Waals surface area contributed by atoms with Crippen LogP contribution < -0.4 is 14.8 Å². The van der Waals surface area contributed by atoms with Crippen LogP contribution >= 0.6 is 0 Å². The molecule has 134 valence electrons. The molecule has 0 unspecified atom stereocenters. The third-order valence-corrected chi connectivity index (χ3v) is 3.56. The van der Waals surface area contributed by atoms with Crippen molar-refractivity contribution in [2.45, 2.75) is 26.9 Å². The van der Waals surface area contributed by atoms with E-state index in [-0.39, 0.29) is 11.7 Å². The van der Waals surface area contributed by atoms with Crippen molar-refractivity contribution in [3.05, 3.63) is 59.2 Å². The van der Waals surface area contributed by atoms with Crippen LogP contribution in [-0.2, 0) is 4.79 Å². The van der Waals surface area contributed by atoms with Gasteiger partial charge in [-0.15, -0.1) is 0 Å². The zero-order chi connectivity index (χ0) is 19.1. The van der Waals surface area contributed by atoms with Crippen molar-refractivity contribution in [2.75, 3.05) is 12.4 Å². The number of hydrogen-bond donors (Lipinski definition) is 1. The Balaban J connectivity index is 2.31. The van der Waals surface area contributed by atoms with E-state index in [0.717, 1.165) is 5.56 Å². The van der Waals surface area contributed by atoms with Crippen LogP contribution in [0.3, 0.4) is 0 Å². The number of carbonyl (C=O) groups excluding carboxylic acids is 1. The van der Waals surface area contributed by atoms with Gasteiger partial charge in [0.25, 0.3) is 5.91 Å². The minimum absolute atomic E-state index is 0.00986. The van der Waals surface area contributed by atoms with E-state index in [2.05, 4.69) is 5.32 Å². The lowest BCUT2D eigenvalue weighted by atomic mass is 10.1. The maximum atomic E-state index is 12.4. The molecule has 0 fully saturated rings. The molecule has 5 nitrogen and oxygen atoms in total. The number of rotatable bonds is 6. The largest absolute Gasteiger partial charge is 0.497 e. The van der Waals surface area contributed by atoms with Gasteiger partial charge in [-0.05, 0) is 51.1 Å². The molecule has 2 rings (SSSR count). The van der Waals surface area contributed by atoms with Crippen molar-refractivity contribution < 1.29 is 14.3 Å². The summed E-state index contributed by atoms with van der Waals surface area (Å²) in [5.41, 5.74) is 2.35. The molecule has 0 aromatic heterocycles. The van der Waals surface area contributed by atoms with Gasteiger partial charge in [-0.3, -0.25) is 4.79 Å². The SMILES string of the molecule is COc1ccc(/C=C(\C#N)C(=O)Nc2ccc(C)cc2)c(OC(C)C)c1. The van der Waals surface area contributed by atoms with E-state index in [9.17, 15) is 10.1 Å². The average Bonchev–Trinajstić information content (AvgIpc) is 2.61. The van der Waals surface area contributed by atoms with Crippen LogP contribution in [-0.4, -0.2) is 19.1 Å².